The Labute approximate surface area is 135 Å². The van der Waals surface area contributed by atoms with Gasteiger partial charge in [-0.25, -0.2) is 4.98 Å². The van der Waals surface area contributed by atoms with E-state index >= 15 is 0 Å². The molecule has 0 unspecified atom stereocenters. The van der Waals surface area contributed by atoms with Crippen molar-refractivity contribution in [2.45, 2.75) is 26.4 Å². The van der Waals surface area contributed by atoms with E-state index in [4.69, 9.17) is 0 Å². The van der Waals surface area contributed by atoms with Crippen molar-refractivity contribution in [3.05, 3.63) is 58.2 Å². The van der Waals surface area contributed by atoms with Gasteiger partial charge in [0.15, 0.2) is 0 Å². The molecule has 0 aliphatic rings. The van der Waals surface area contributed by atoms with Gasteiger partial charge in [0.1, 0.15) is 5.82 Å². The predicted molar refractivity (Wildman–Crippen MR) is 92.3 cm³/mol. The molecular weight excluding hydrogens is 326 g/mol. The lowest BCUT2D eigenvalue weighted by molar-refractivity contribution is 0.318. The van der Waals surface area contributed by atoms with Crippen molar-refractivity contribution in [3.63, 3.8) is 0 Å². The monoisotopic (exact) mass is 347 g/mol. The maximum absolute atomic E-state index is 4.45. The number of benzene rings is 1. The summed E-state index contributed by atoms with van der Waals surface area (Å²) in [5.74, 6) is 0.998. The quantitative estimate of drug-likeness (QED) is 0.809. The molecule has 1 aromatic carbocycles. The summed E-state index contributed by atoms with van der Waals surface area (Å²) in [5.41, 5.74) is 2.53. The molecule has 112 valence electrons. The smallest absolute Gasteiger partial charge is 0.130 e. The molecule has 0 saturated carbocycles. The molecule has 0 atom stereocenters. The zero-order valence-corrected chi connectivity index (χ0v) is 14.2. The summed E-state index contributed by atoms with van der Waals surface area (Å²) in [5, 5.41) is 3.40. The summed E-state index contributed by atoms with van der Waals surface area (Å²) in [4.78, 5) is 6.75. The van der Waals surface area contributed by atoms with Crippen molar-refractivity contribution in [1.29, 1.82) is 0 Å². The Bertz CT molecular complexity index is 571. The lowest BCUT2D eigenvalue weighted by Crippen LogP contribution is -2.19. The molecule has 1 N–H and O–H groups in total. The van der Waals surface area contributed by atoms with Crippen LogP contribution >= 0.6 is 15.9 Å². The highest BCUT2D eigenvalue weighted by Gasteiger charge is 2.08. The molecule has 1 aromatic heterocycles. The van der Waals surface area contributed by atoms with Gasteiger partial charge >= 0.3 is 0 Å². The summed E-state index contributed by atoms with van der Waals surface area (Å²) < 4.78 is 1.16. The second-order valence-electron chi connectivity index (χ2n) is 5.20. The van der Waals surface area contributed by atoms with Gasteiger partial charge in [-0.3, -0.25) is 4.90 Å². The minimum atomic E-state index is 0.876. The molecule has 0 bridgehead atoms. The highest BCUT2D eigenvalue weighted by molar-refractivity contribution is 9.10. The van der Waals surface area contributed by atoms with Gasteiger partial charge in [-0.1, -0.05) is 47.1 Å². The number of halogens is 1. The zero-order chi connectivity index (χ0) is 15.1. The van der Waals surface area contributed by atoms with E-state index in [2.05, 4.69) is 69.4 Å². The molecule has 2 rings (SSSR count). The number of rotatable bonds is 7. The lowest BCUT2D eigenvalue weighted by Gasteiger charge is -2.19. The number of pyridine rings is 1. The van der Waals surface area contributed by atoms with Gasteiger partial charge in [-0.15, -0.1) is 0 Å². The first-order valence-corrected chi connectivity index (χ1v) is 8.09. The summed E-state index contributed by atoms with van der Waals surface area (Å²) in [7, 11) is 2.13. The second-order valence-corrected chi connectivity index (χ2v) is 6.06. The van der Waals surface area contributed by atoms with Crippen LogP contribution in [0.5, 0.6) is 0 Å². The molecular formula is C17H22BrN3. The van der Waals surface area contributed by atoms with Crippen LogP contribution in [0.3, 0.4) is 0 Å². The summed E-state index contributed by atoms with van der Waals surface area (Å²) >= 11 is 3.61. The number of hydrogen-bond acceptors (Lipinski definition) is 3. The largest absolute Gasteiger partial charge is 0.370 e. The van der Waals surface area contributed by atoms with Crippen LogP contribution in [0.15, 0.2) is 47.1 Å². The fraction of sp³-hybridized carbons (Fsp3) is 0.353. The molecule has 4 heteroatoms. The van der Waals surface area contributed by atoms with Crippen LogP contribution in [0, 0.1) is 0 Å². The van der Waals surface area contributed by atoms with Crippen molar-refractivity contribution in [3.8, 4) is 0 Å². The molecule has 0 amide bonds. The minimum absolute atomic E-state index is 0.876. The second kappa shape index (κ2) is 8.15. The molecule has 1 heterocycles. The van der Waals surface area contributed by atoms with Gasteiger partial charge in [0.2, 0.25) is 0 Å². The number of nitrogens with one attached hydrogen (secondary N) is 1. The molecule has 0 aliphatic heterocycles. The van der Waals surface area contributed by atoms with Crippen molar-refractivity contribution >= 4 is 21.7 Å². The summed E-state index contributed by atoms with van der Waals surface area (Å²) in [6, 6.07) is 12.5. The van der Waals surface area contributed by atoms with E-state index in [0.29, 0.717) is 0 Å². The normalized spacial score (nSPS) is 10.9. The molecule has 0 radical (unpaired) electrons. The Morgan fingerprint density at radius 2 is 1.81 bits per heavy atom. The van der Waals surface area contributed by atoms with Gasteiger partial charge in [0, 0.05) is 35.9 Å². The van der Waals surface area contributed by atoms with E-state index in [1.54, 1.807) is 0 Å². The molecule has 21 heavy (non-hydrogen) atoms. The molecule has 0 spiro atoms. The third-order valence-corrected chi connectivity index (χ3v) is 4.05. The fourth-order valence-corrected chi connectivity index (χ4v) is 2.64. The third kappa shape index (κ3) is 4.83. The SMILES string of the molecule is CCCNc1ncccc1CN(C)Cc1ccccc1Br. The van der Waals surface area contributed by atoms with Gasteiger partial charge in [-0.2, -0.15) is 0 Å². The number of anilines is 1. The van der Waals surface area contributed by atoms with Crippen LogP contribution in [0.1, 0.15) is 24.5 Å². The van der Waals surface area contributed by atoms with Crippen molar-refractivity contribution < 1.29 is 0 Å². The van der Waals surface area contributed by atoms with E-state index in [9.17, 15) is 0 Å². The van der Waals surface area contributed by atoms with Crippen LogP contribution in [0.4, 0.5) is 5.82 Å². The minimum Gasteiger partial charge on any atom is -0.370 e. The Balaban J connectivity index is 2.02. The van der Waals surface area contributed by atoms with Crippen LogP contribution < -0.4 is 5.32 Å². The summed E-state index contributed by atoms with van der Waals surface area (Å²) in [6.07, 6.45) is 2.94. The van der Waals surface area contributed by atoms with E-state index in [1.165, 1.54) is 11.1 Å². The average molecular weight is 348 g/mol. The van der Waals surface area contributed by atoms with E-state index in [-0.39, 0.29) is 0 Å². The van der Waals surface area contributed by atoms with Crippen LogP contribution in [-0.2, 0) is 13.1 Å². The first kappa shape index (κ1) is 16.0. The standard InChI is InChI=1S/C17H22BrN3/c1-3-10-19-17-15(8-6-11-20-17)13-21(2)12-14-7-4-5-9-16(14)18/h4-9,11H,3,10,12-13H2,1-2H3,(H,19,20). The first-order chi connectivity index (χ1) is 10.2. The maximum Gasteiger partial charge on any atom is 0.130 e. The predicted octanol–water partition coefficient (Wildman–Crippen LogP) is 4.30. The third-order valence-electron chi connectivity index (χ3n) is 3.27. The molecule has 0 fully saturated rings. The molecule has 0 saturated heterocycles. The Morgan fingerprint density at radius 1 is 1.10 bits per heavy atom. The van der Waals surface area contributed by atoms with Crippen molar-refractivity contribution in [2.24, 2.45) is 0 Å². The molecule has 2 aromatic rings. The van der Waals surface area contributed by atoms with E-state index in [0.717, 1.165) is 36.3 Å². The lowest BCUT2D eigenvalue weighted by atomic mass is 10.2. The fourth-order valence-electron chi connectivity index (χ4n) is 2.23. The van der Waals surface area contributed by atoms with Gasteiger partial charge < -0.3 is 5.32 Å². The molecule has 3 nitrogen and oxygen atoms in total. The van der Waals surface area contributed by atoms with Gasteiger partial charge in [0.05, 0.1) is 0 Å². The van der Waals surface area contributed by atoms with Gasteiger partial charge in [0.25, 0.3) is 0 Å². The van der Waals surface area contributed by atoms with Crippen LogP contribution in [0.25, 0.3) is 0 Å². The molecule has 0 aliphatic carbocycles. The van der Waals surface area contributed by atoms with Crippen LogP contribution in [-0.4, -0.2) is 23.5 Å². The average Bonchev–Trinajstić information content (AvgIpc) is 2.49. The topological polar surface area (TPSA) is 28.2 Å². The van der Waals surface area contributed by atoms with E-state index in [1.807, 2.05) is 18.3 Å². The maximum atomic E-state index is 4.45. The highest BCUT2D eigenvalue weighted by atomic mass is 79.9. The first-order valence-electron chi connectivity index (χ1n) is 7.30. The van der Waals surface area contributed by atoms with Crippen molar-refractivity contribution in [1.82, 2.24) is 9.88 Å². The van der Waals surface area contributed by atoms with Crippen molar-refractivity contribution in [2.75, 3.05) is 18.9 Å². The Morgan fingerprint density at radius 3 is 2.57 bits per heavy atom. The number of aromatic nitrogens is 1. The van der Waals surface area contributed by atoms with Gasteiger partial charge in [-0.05, 0) is 31.2 Å². The summed E-state index contributed by atoms with van der Waals surface area (Å²) in [6.45, 7) is 4.90. The number of nitrogens with zero attached hydrogens (tertiary/aromatic N) is 2. The van der Waals surface area contributed by atoms with E-state index < -0.39 is 0 Å². The number of hydrogen-bond donors (Lipinski definition) is 1. The Kier molecular flexibility index (Phi) is 6.21. The zero-order valence-electron chi connectivity index (χ0n) is 12.6. The van der Waals surface area contributed by atoms with Crippen LogP contribution in [0.2, 0.25) is 0 Å². The highest BCUT2D eigenvalue weighted by Crippen LogP contribution is 2.19. The Hall–Kier alpha value is -1.39.